The van der Waals surface area contributed by atoms with Gasteiger partial charge in [0, 0.05) is 16.7 Å². The van der Waals surface area contributed by atoms with E-state index in [9.17, 15) is 0 Å². The summed E-state index contributed by atoms with van der Waals surface area (Å²) in [5.74, 6) is 0. The zero-order valence-corrected chi connectivity index (χ0v) is 11.2. The fourth-order valence-electron chi connectivity index (χ4n) is 1.86. The van der Waals surface area contributed by atoms with Crippen molar-refractivity contribution in [2.45, 2.75) is 6.04 Å². The Kier molecular flexibility index (Phi) is 4.61. The molecular weight excluding hydrogens is 267 g/mol. The standard InChI is InChI=1S/C14H14Cl2N2/c15-12-5-1-10(2-6-12)14(18-9-17)11-3-7-13(16)8-4-11/h1-8,14,18H,9,17H2. The predicted octanol–water partition coefficient (Wildman–Crippen LogP) is 3.59. The number of hydrogen-bond donors (Lipinski definition) is 2. The van der Waals surface area contributed by atoms with Crippen LogP contribution in [-0.2, 0) is 0 Å². The highest BCUT2D eigenvalue weighted by Crippen LogP contribution is 2.24. The van der Waals surface area contributed by atoms with Crippen LogP contribution in [0.25, 0.3) is 0 Å². The molecule has 0 aliphatic rings. The second-order valence-electron chi connectivity index (χ2n) is 3.94. The monoisotopic (exact) mass is 280 g/mol. The normalized spacial score (nSPS) is 10.9. The van der Waals surface area contributed by atoms with Gasteiger partial charge in [-0.15, -0.1) is 0 Å². The molecule has 2 aromatic rings. The highest BCUT2D eigenvalue weighted by Gasteiger charge is 2.12. The van der Waals surface area contributed by atoms with Gasteiger partial charge in [-0.2, -0.15) is 0 Å². The van der Waals surface area contributed by atoms with Crippen LogP contribution in [0.1, 0.15) is 17.2 Å². The Morgan fingerprint density at radius 2 is 1.22 bits per heavy atom. The molecule has 18 heavy (non-hydrogen) atoms. The van der Waals surface area contributed by atoms with Crippen LogP contribution in [0, 0.1) is 0 Å². The molecule has 0 bridgehead atoms. The molecule has 0 radical (unpaired) electrons. The lowest BCUT2D eigenvalue weighted by Crippen LogP contribution is -2.28. The first kappa shape index (κ1) is 13.4. The van der Waals surface area contributed by atoms with E-state index in [1.165, 1.54) is 0 Å². The van der Waals surface area contributed by atoms with E-state index in [2.05, 4.69) is 5.32 Å². The molecule has 0 fully saturated rings. The van der Waals surface area contributed by atoms with Gasteiger partial charge >= 0.3 is 0 Å². The van der Waals surface area contributed by atoms with Gasteiger partial charge in [0.05, 0.1) is 6.04 Å². The highest BCUT2D eigenvalue weighted by molar-refractivity contribution is 6.30. The molecule has 0 heterocycles. The van der Waals surface area contributed by atoms with Gasteiger partial charge < -0.3 is 5.73 Å². The smallest absolute Gasteiger partial charge is 0.0586 e. The van der Waals surface area contributed by atoms with Crippen LogP contribution in [0.4, 0.5) is 0 Å². The molecule has 2 aromatic carbocycles. The molecule has 0 unspecified atom stereocenters. The second kappa shape index (κ2) is 6.21. The van der Waals surface area contributed by atoms with Crippen molar-refractivity contribution < 1.29 is 0 Å². The van der Waals surface area contributed by atoms with Crippen LogP contribution < -0.4 is 11.1 Å². The fraction of sp³-hybridized carbons (Fsp3) is 0.143. The summed E-state index contributed by atoms with van der Waals surface area (Å²) < 4.78 is 0. The summed E-state index contributed by atoms with van der Waals surface area (Å²) in [6, 6.07) is 15.5. The minimum atomic E-state index is 0.0459. The minimum Gasteiger partial charge on any atom is -0.318 e. The van der Waals surface area contributed by atoms with Gasteiger partial charge in [0.1, 0.15) is 0 Å². The van der Waals surface area contributed by atoms with Gasteiger partial charge in [-0.05, 0) is 35.4 Å². The molecule has 0 amide bonds. The maximum absolute atomic E-state index is 5.90. The summed E-state index contributed by atoms with van der Waals surface area (Å²) >= 11 is 11.8. The van der Waals surface area contributed by atoms with E-state index in [-0.39, 0.29) is 6.04 Å². The number of rotatable bonds is 4. The summed E-state index contributed by atoms with van der Waals surface area (Å²) in [5, 5.41) is 4.69. The summed E-state index contributed by atoms with van der Waals surface area (Å²) in [7, 11) is 0. The lowest BCUT2D eigenvalue weighted by molar-refractivity contribution is 0.619. The lowest BCUT2D eigenvalue weighted by atomic mass is 9.99. The largest absolute Gasteiger partial charge is 0.318 e. The quantitative estimate of drug-likeness (QED) is 0.840. The Balaban J connectivity index is 2.33. The first-order valence-electron chi connectivity index (χ1n) is 5.65. The Morgan fingerprint density at radius 1 is 0.833 bits per heavy atom. The van der Waals surface area contributed by atoms with E-state index < -0.39 is 0 Å². The van der Waals surface area contributed by atoms with Gasteiger partial charge in [-0.3, -0.25) is 5.32 Å². The minimum absolute atomic E-state index is 0.0459. The first-order chi connectivity index (χ1) is 8.70. The number of benzene rings is 2. The van der Waals surface area contributed by atoms with Crippen molar-refractivity contribution in [3.63, 3.8) is 0 Å². The molecule has 0 spiro atoms. The molecule has 0 aliphatic carbocycles. The second-order valence-corrected chi connectivity index (χ2v) is 4.82. The van der Waals surface area contributed by atoms with Gasteiger partial charge in [0.2, 0.25) is 0 Å². The lowest BCUT2D eigenvalue weighted by Gasteiger charge is -2.19. The average Bonchev–Trinajstić information content (AvgIpc) is 2.39. The molecule has 94 valence electrons. The number of halogens is 2. The Hall–Kier alpha value is -1.06. The summed E-state index contributed by atoms with van der Waals surface area (Å²) in [4.78, 5) is 0. The molecule has 2 nitrogen and oxygen atoms in total. The van der Waals surface area contributed by atoms with Crippen LogP contribution in [-0.4, -0.2) is 6.67 Å². The van der Waals surface area contributed by atoms with E-state index in [0.29, 0.717) is 6.67 Å². The zero-order chi connectivity index (χ0) is 13.0. The Bertz CT molecular complexity index is 449. The molecule has 2 rings (SSSR count). The van der Waals surface area contributed by atoms with Gasteiger partial charge in [-0.25, -0.2) is 0 Å². The SMILES string of the molecule is NCNC(c1ccc(Cl)cc1)c1ccc(Cl)cc1. The first-order valence-corrected chi connectivity index (χ1v) is 6.40. The molecule has 4 heteroatoms. The van der Waals surface area contributed by atoms with E-state index in [1.807, 2.05) is 48.5 Å². The predicted molar refractivity (Wildman–Crippen MR) is 76.9 cm³/mol. The number of nitrogens with one attached hydrogen (secondary N) is 1. The van der Waals surface area contributed by atoms with E-state index in [1.54, 1.807) is 0 Å². The summed E-state index contributed by atoms with van der Waals surface area (Å²) in [5.41, 5.74) is 7.84. The van der Waals surface area contributed by atoms with Crippen LogP contribution in [0.3, 0.4) is 0 Å². The highest BCUT2D eigenvalue weighted by atomic mass is 35.5. The molecule has 3 N–H and O–H groups in total. The van der Waals surface area contributed by atoms with Crippen molar-refractivity contribution in [1.82, 2.24) is 5.32 Å². The van der Waals surface area contributed by atoms with Crippen molar-refractivity contribution in [2.75, 3.05) is 6.67 Å². The molecular formula is C14H14Cl2N2. The van der Waals surface area contributed by atoms with Gasteiger partial charge in [0.15, 0.2) is 0 Å². The molecule has 0 atom stereocenters. The Labute approximate surface area is 117 Å². The Morgan fingerprint density at radius 3 is 1.56 bits per heavy atom. The topological polar surface area (TPSA) is 38.0 Å². The molecule has 0 aliphatic heterocycles. The van der Waals surface area contributed by atoms with Crippen molar-refractivity contribution in [3.8, 4) is 0 Å². The van der Waals surface area contributed by atoms with Crippen LogP contribution in [0.2, 0.25) is 10.0 Å². The fourth-order valence-corrected chi connectivity index (χ4v) is 2.11. The third-order valence-corrected chi connectivity index (χ3v) is 3.23. The van der Waals surface area contributed by atoms with Gasteiger partial charge in [-0.1, -0.05) is 47.5 Å². The van der Waals surface area contributed by atoms with E-state index in [0.717, 1.165) is 21.2 Å². The third-order valence-electron chi connectivity index (χ3n) is 2.73. The van der Waals surface area contributed by atoms with Crippen molar-refractivity contribution >= 4 is 23.2 Å². The molecule has 0 saturated carbocycles. The molecule has 0 saturated heterocycles. The summed E-state index contributed by atoms with van der Waals surface area (Å²) in [6.07, 6.45) is 0. The average molecular weight is 281 g/mol. The van der Waals surface area contributed by atoms with Crippen LogP contribution >= 0.6 is 23.2 Å². The number of hydrogen-bond acceptors (Lipinski definition) is 2. The zero-order valence-electron chi connectivity index (χ0n) is 9.74. The van der Waals surface area contributed by atoms with Crippen molar-refractivity contribution in [2.24, 2.45) is 5.73 Å². The van der Waals surface area contributed by atoms with Gasteiger partial charge in [0.25, 0.3) is 0 Å². The van der Waals surface area contributed by atoms with Crippen molar-refractivity contribution in [1.29, 1.82) is 0 Å². The number of nitrogens with two attached hydrogens (primary N) is 1. The maximum Gasteiger partial charge on any atom is 0.0586 e. The van der Waals surface area contributed by atoms with Crippen LogP contribution in [0.15, 0.2) is 48.5 Å². The summed E-state index contributed by atoms with van der Waals surface area (Å²) in [6.45, 7) is 0.399. The van der Waals surface area contributed by atoms with Crippen LogP contribution in [0.5, 0.6) is 0 Å². The van der Waals surface area contributed by atoms with Crippen molar-refractivity contribution in [3.05, 3.63) is 69.7 Å². The maximum atomic E-state index is 5.90. The van der Waals surface area contributed by atoms with E-state index in [4.69, 9.17) is 28.9 Å². The third kappa shape index (κ3) is 3.24. The molecule has 0 aromatic heterocycles. The van der Waals surface area contributed by atoms with E-state index >= 15 is 0 Å².